The molecule has 7 heteroatoms. The molecule has 0 fully saturated rings. The number of para-hydroxylation sites is 1. The molecule has 3 rings (SSSR count). The van der Waals surface area contributed by atoms with Crippen molar-refractivity contribution in [3.8, 4) is 0 Å². The molecule has 1 heterocycles. The highest BCUT2D eigenvalue weighted by atomic mass is 35.5. The van der Waals surface area contributed by atoms with Gasteiger partial charge in [0, 0.05) is 17.8 Å². The van der Waals surface area contributed by atoms with Crippen molar-refractivity contribution in [2.45, 2.75) is 6.92 Å². The van der Waals surface area contributed by atoms with E-state index in [1.54, 1.807) is 25.1 Å². The Hall–Kier alpha value is -2.73. The van der Waals surface area contributed by atoms with Crippen LogP contribution in [0.4, 0.5) is 31.9 Å². The summed E-state index contributed by atoms with van der Waals surface area (Å²) in [7, 11) is 0. The molecule has 2 aromatic carbocycles. The minimum Gasteiger partial charge on any atom is -0.338 e. The van der Waals surface area contributed by atoms with Gasteiger partial charge in [0.25, 0.3) is 0 Å². The molecule has 0 aliphatic heterocycles. The van der Waals surface area contributed by atoms with E-state index in [1.807, 2.05) is 12.1 Å². The van der Waals surface area contributed by atoms with Crippen LogP contribution in [0.1, 0.15) is 5.69 Å². The molecule has 2 N–H and O–H groups in total. The number of benzene rings is 2. The highest BCUT2D eigenvalue weighted by molar-refractivity contribution is 6.33. The van der Waals surface area contributed by atoms with E-state index < -0.39 is 11.6 Å². The van der Waals surface area contributed by atoms with Gasteiger partial charge >= 0.3 is 0 Å². The van der Waals surface area contributed by atoms with Gasteiger partial charge in [-0.25, -0.2) is 13.8 Å². The minimum absolute atomic E-state index is 0.123. The Morgan fingerprint density at radius 3 is 2.46 bits per heavy atom. The minimum atomic E-state index is -0.702. The Labute approximate surface area is 142 Å². The first-order valence-electron chi connectivity index (χ1n) is 7.10. The maximum atomic E-state index is 13.8. The van der Waals surface area contributed by atoms with Crippen LogP contribution in [0.3, 0.4) is 0 Å². The van der Waals surface area contributed by atoms with Crippen molar-refractivity contribution in [3.63, 3.8) is 0 Å². The lowest BCUT2D eigenvalue weighted by Gasteiger charge is -2.11. The number of hydrogen-bond donors (Lipinski definition) is 2. The molecule has 0 amide bonds. The Morgan fingerprint density at radius 2 is 1.71 bits per heavy atom. The van der Waals surface area contributed by atoms with Crippen molar-refractivity contribution < 1.29 is 8.78 Å². The summed E-state index contributed by atoms with van der Waals surface area (Å²) in [6, 6.07) is 12.1. The lowest BCUT2D eigenvalue weighted by molar-refractivity contribution is 0.586. The van der Waals surface area contributed by atoms with E-state index in [9.17, 15) is 8.78 Å². The fourth-order valence-electron chi connectivity index (χ4n) is 2.10. The van der Waals surface area contributed by atoms with Crippen molar-refractivity contribution in [1.29, 1.82) is 0 Å². The van der Waals surface area contributed by atoms with Gasteiger partial charge in [-0.1, -0.05) is 23.7 Å². The van der Waals surface area contributed by atoms with E-state index in [0.717, 1.165) is 6.07 Å². The third kappa shape index (κ3) is 3.78. The molecule has 0 aliphatic carbocycles. The molecule has 0 unspecified atom stereocenters. The highest BCUT2D eigenvalue weighted by Crippen LogP contribution is 2.25. The lowest BCUT2D eigenvalue weighted by Crippen LogP contribution is -2.03. The van der Waals surface area contributed by atoms with Gasteiger partial charge in [-0.05, 0) is 31.2 Å². The average Bonchev–Trinajstić information content (AvgIpc) is 2.52. The third-order valence-corrected chi connectivity index (χ3v) is 3.50. The molecule has 0 bridgehead atoms. The Morgan fingerprint density at radius 1 is 0.917 bits per heavy atom. The summed E-state index contributed by atoms with van der Waals surface area (Å²) in [5.41, 5.74) is 1.45. The molecule has 24 heavy (non-hydrogen) atoms. The molecule has 0 radical (unpaired) electrons. The molecule has 4 nitrogen and oxygen atoms in total. The summed E-state index contributed by atoms with van der Waals surface area (Å²) in [6.07, 6.45) is 0. The van der Waals surface area contributed by atoms with Crippen molar-refractivity contribution in [3.05, 3.63) is 70.9 Å². The fraction of sp³-hybridized carbons (Fsp3) is 0.0588. The Kier molecular flexibility index (Phi) is 4.57. The number of halogens is 3. The van der Waals surface area contributed by atoms with Gasteiger partial charge in [-0.3, -0.25) is 0 Å². The number of anilines is 4. The van der Waals surface area contributed by atoms with Gasteiger partial charge in [0.15, 0.2) is 0 Å². The number of nitrogens with one attached hydrogen (secondary N) is 2. The third-order valence-electron chi connectivity index (χ3n) is 3.17. The molecule has 3 aromatic rings. The van der Waals surface area contributed by atoms with Crippen LogP contribution < -0.4 is 10.6 Å². The predicted octanol–water partition coefficient (Wildman–Crippen LogP) is 5.20. The number of aromatic nitrogens is 2. The van der Waals surface area contributed by atoms with Gasteiger partial charge in [-0.2, -0.15) is 4.98 Å². The predicted molar refractivity (Wildman–Crippen MR) is 91.1 cm³/mol. The zero-order valence-corrected chi connectivity index (χ0v) is 13.4. The van der Waals surface area contributed by atoms with Crippen LogP contribution in [0.2, 0.25) is 5.02 Å². The summed E-state index contributed by atoms with van der Waals surface area (Å²) >= 11 is 6.10. The quantitative estimate of drug-likeness (QED) is 0.681. The van der Waals surface area contributed by atoms with Crippen LogP contribution in [0.25, 0.3) is 0 Å². The first-order valence-corrected chi connectivity index (χ1v) is 7.48. The van der Waals surface area contributed by atoms with E-state index in [2.05, 4.69) is 20.6 Å². The normalized spacial score (nSPS) is 10.5. The van der Waals surface area contributed by atoms with Gasteiger partial charge in [0.2, 0.25) is 5.95 Å². The maximum Gasteiger partial charge on any atom is 0.229 e. The SMILES string of the molecule is Cc1cc(Nc2ccc(F)cc2F)nc(Nc2ccccc2Cl)n1. The van der Waals surface area contributed by atoms with Crippen LogP contribution in [-0.2, 0) is 0 Å². The van der Waals surface area contributed by atoms with E-state index in [1.165, 1.54) is 12.1 Å². The van der Waals surface area contributed by atoms with E-state index in [0.29, 0.717) is 28.2 Å². The van der Waals surface area contributed by atoms with E-state index in [-0.39, 0.29) is 5.69 Å². The van der Waals surface area contributed by atoms with Crippen LogP contribution in [0, 0.1) is 18.6 Å². The van der Waals surface area contributed by atoms with Crippen LogP contribution in [0.15, 0.2) is 48.5 Å². The zero-order chi connectivity index (χ0) is 17.1. The molecule has 122 valence electrons. The van der Waals surface area contributed by atoms with Crippen LogP contribution in [0.5, 0.6) is 0 Å². The smallest absolute Gasteiger partial charge is 0.229 e. The molecule has 0 saturated heterocycles. The van der Waals surface area contributed by atoms with Crippen molar-refractivity contribution in [2.24, 2.45) is 0 Å². The second-order valence-electron chi connectivity index (χ2n) is 5.07. The number of rotatable bonds is 4. The van der Waals surface area contributed by atoms with Crippen LogP contribution in [-0.4, -0.2) is 9.97 Å². The lowest BCUT2D eigenvalue weighted by atomic mass is 10.3. The molecule has 1 aromatic heterocycles. The maximum absolute atomic E-state index is 13.8. The number of aryl methyl sites for hydroxylation is 1. The van der Waals surface area contributed by atoms with Gasteiger partial charge in [-0.15, -0.1) is 0 Å². The van der Waals surface area contributed by atoms with E-state index >= 15 is 0 Å². The number of hydrogen-bond acceptors (Lipinski definition) is 4. The van der Waals surface area contributed by atoms with Gasteiger partial charge in [0.05, 0.1) is 16.4 Å². The molecule has 0 saturated carbocycles. The second-order valence-corrected chi connectivity index (χ2v) is 5.48. The van der Waals surface area contributed by atoms with Crippen molar-refractivity contribution >= 4 is 34.7 Å². The first kappa shape index (κ1) is 16.1. The molecule has 0 spiro atoms. The highest BCUT2D eigenvalue weighted by Gasteiger charge is 2.08. The van der Waals surface area contributed by atoms with Crippen molar-refractivity contribution in [1.82, 2.24) is 9.97 Å². The molecular formula is C17H13ClF2N4. The molecule has 0 aliphatic rings. The van der Waals surface area contributed by atoms with Gasteiger partial charge < -0.3 is 10.6 Å². The Balaban J connectivity index is 1.87. The second kappa shape index (κ2) is 6.80. The Bertz CT molecular complexity index is 886. The first-order chi connectivity index (χ1) is 11.5. The zero-order valence-electron chi connectivity index (χ0n) is 12.6. The summed E-state index contributed by atoms with van der Waals surface area (Å²) in [6.45, 7) is 1.78. The van der Waals surface area contributed by atoms with Crippen LogP contribution >= 0.6 is 11.6 Å². The average molecular weight is 347 g/mol. The fourth-order valence-corrected chi connectivity index (χ4v) is 2.28. The summed E-state index contributed by atoms with van der Waals surface area (Å²) in [4.78, 5) is 8.55. The van der Waals surface area contributed by atoms with Gasteiger partial charge in [0.1, 0.15) is 17.5 Å². The topological polar surface area (TPSA) is 49.8 Å². The standard InChI is InChI=1S/C17H13ClF2N4/c1-10-8-16(22-15-7-6-11(19)9-13(15)20)24-17(21-10)23-14-5-3-2-4-12(14)18/h2-9H,1H3,(H2,21,22,23,24). The summed E-state index contributed by atoms with van der Waals surface area (Å²) in [5.74, 6) is -0.652. The largest absolute Gasteiger partial charge is 0.338 e. The number of nitrogens with zero attached hydrogens (tertiary/aromatic N) is 2. The summed E-state index contributed by atoms with van der Waals surface area (Å²) in [5, 5.41) is 6.36. The summed E-state index contributed by atoms with van der Waals surface area (Å²) < 4.78 is 26.7. The monoisotopic (exact) mass is 346 g/mol. The van der Waals surface area contributed by atoms with Crippen molar-refractivity contribution in [2.75, 3.05) is 10.6 Å². The molecular weight excluding hydrogens is 334 g/mol. The van der Waals surface area contributed by atoms with E-state index in [4.69, 9.17) is 11.6 Å². The molecule has 0 atom stereocenters.